The molecular weight excluding hydrogens is 1170 g/mol. The lowest BCUT2D eigenvalue weighted by Gasteiger charge is -2.38. The molecule has 6 N–H and O–H groups in total. The highest BCUT2D eigenvalue weighted by molar-refractivity contribution is 7.91. The SMILES string of the molecule is C.Cc1cc(C(c2ccc(O)c(C)c2)(C(F)(F)F)C(F)(F)F)ccc1O.Cc1ccc(-c2ccc(C)c(O)c2)cc1O.Cc1ccc(C2(c3ccc(O)c(C)c3)c3ccccc3-c3ccccc32)cc1C.Cc1ccc(S(=O)(=O)c2ccc(O)c(C)c2)cc1C. The highest BCUT2D eigenvalue weighted by Gasteiger charge is 2.72. The van der Waals surface area contributed by atoms with Gasteiger partial charge in [0.2, 0.25) is 15.3 Å². The van der Waals surface area contributed by atoms with Crippen molar-refractivity contribution in [1.82, 2.24) is 0 Å². The van der Waals surface area contributed by atoms with Crippen LogP contribution in [0.25, 0.3) is 22.3 Å². The molecule has 0 spiro atoms. The van der Waals surface area contributed by atoms with E-state index in [0.29, 0.717) is 35.6 Å². The van der Waals surface area contributed by atoms with Gasteiger partial charge in [0, 0.05) is 0 Å². The third kappa shape index (κ3) is 13.0. The summed E-state index contributed by atoms with van der Waals surface area (Å²) >= 11 is 0. The van der Waals surface area contributed by atoms with Gasteiger partial charge < -0.3 is 30.6 Å². The molecule has 1 aliphatic rings. The average Bonchev–Trinajstić information content (AvgIpc) is 1.44. The summed E-state index contributed by atoms with van der Waals surface area (Å²) in [4.78, 5) is 0.478. The molecular formula is C75H72F6O8S. The number of halogens is 6. The van der Waals surface area contributed by atoms with E-state index in [1.54, 1.807) is 37.3 Å². The topological polar surface area (TPSA) is 156 Å². The summed E-state index contributed by atoms with van der Waals surface area (Å²) in [5, 5.41) is 57.9. The second-order valence-electron chi connectivity index (χ2n) is 22.6. The number of alkyl halides is 6. The van der Waals surface area contributed by atoms with Crippen LogP contribution in [0.2, 0.25) is 0 Å². The zero-order valence-electron chi connectivity index (χ0n) is 50.7. The maximum atomic E-state index is 13.9. The first-order chi connectivity index (χ1) is 41.7. The van der Waals surface area contributed by atoms with Gasteiger partial charge in [-0.05, 0) is 241 Å². The number of hydrogen-bond donors (Lipinski definition) is 6. The molecule has 1 aliphatic carbocycles. The van der Waals surface area contributed by atoms with Crippen molar-refractivity contribution in [2.45, 2.75) is 110 Å². The number of fused-ring (bicyclic) bond motifs is 3. The minimum atomic E-state index is -5.71. The molecule has 0 radical (unpaired) electrons. The van der Waals surface area contributed by atoms with Crippen LogP contribution in [-0.4, -0.2) is 51.4 Å². The van der Waals surface area contributed by atoms with Gasteiger partial charge in [-0.3, -0.25) is 0 Å². The van der Waals surface area contributed by atoms with Crippen molar-refractivity contribution in [2.75, 3.05) is 0 Å². The number of aromatic hydroxyl groups is 6. The first-order valence-electron chi connectivity index (χ1n) is 28.3. The lowest BCUT2D eigenvalue weighted by molar-refractivity contribution is -0.288. The van der Waals surface area contributed by atoms with E-state index >= 15 is 0 Å². The molecule has 0 unspecified atom stereocenters. The third-order valence-corrected chi connectivity index (χ3v) is 18.4. The van der Waals surface area contributed by atoms with E-state index in [2.05, 4.69) is 92.7 Å². The van der Waals surface area contributed by atoms with E-state index in [-0.39, 0.29) is 45.6 Å². The summed E-state index contributed by atoms with van der Waals surface area (Å²) < 4.78 is 108. The fraction of sp³-hybridized carbons (Fsp3) is 0.200. The molecule has 11 rings (SSSR count). The fourth-order valence-electron chi connectivity index (χ4n) is 11.0. The monoisotopic (exact) mass is 1250 g/mol. The molecule has 0 saturated heterocycles. The second kappa shape index (κ2) is 26.3. The third-order valence-electron chi connectivity index (χ3n) is 16.7. The molecule has 0 fully saturated rings. The summed E-state index contributed by atoms with van der Waals surface area (Å²) in [5.41, 5.74) is 10.1. The quantitative estimate of drug-likeness (QED) is 0.0862. The molecule has 0 atom stereocenters. The molecule has 90 heavy (non-hydrogen) atoms. The van der Waals surface area contributed by atoms with Crippen LogP contribution in [0.1, 0.15) is 96.4 Å². The Labute approximate surface area is 522 Å². The van der Waals surface area contributed by atoms with Crippen molar-refractivity contribution < 1.29 is 65.4 Å². The molecule has 0 bridgehead atoms. The van der Waals surface area contributed by atoms with Crippen molar-refractivity contribution in [3.63, 3.8) is 0 Å². The van der Waals surface area contributed by atoms with Crippen LogP contribution in [0, 0.1) is 69.2 Å². The van der Waals surface area contributed by atoms with Gasteiger partial charge in [0.1, 0.15) is 34.5 Å². The molecule has 8 nitrogen and oxygen atoms in total. The van der Waals surface area contributed by atoms with Crippen LogP contribution in [0.3, 0.4) is 0 Å². The largest absolute Gasteiger partial charge is 0.508 e. The zero-order chi connectivity index (χ0) is 65.3. The van der Waals surface area contributed by atoms with Gasteiger partial charge >= 0.3 is 12.4 Å². The Kier molecular flexibility index (Phi) is 19.9. The van der Waals surface area contributed by atoms with Crippen LogP contribution < -0.4 is 0 Å². The molecule has 10 aromatic rings. The van der Waals surface area contributed by atoms with Crippen molar-refractivity contribution in [3.8, 4) is 56.8 Å². The average molecular weight is 1250 g/mol. The number of rotatable bonds is 7. The summed E-state index contributed by atoms with van der Waals surface area (Å²) in [7, 11) is -3.53. The summed E-state index contributed by atoms with van der Waals surface area (Å²) in [6.45, 7) is 17.9. The smallest absolute Gasteiger partial charge is 0.411 e. The molecule has 0 aliphatic heterocycles. The van der Waals surface area contributed by atoms with Crippen molar-refractivity contribution >= 4 is 9.84 Å². The van der Waals surface area contributed by atoms with E-state index in [0.717, 1.165) is 51.1 Å². The van der Waals surface area contributed by atoms with E-state index in [1.807, 2.05) is 65.0 Å². The Morgan fingerprint density at radius 1 is 0.322 bits per heavy atom. The lowest BCUT2D eigenvalue weighted by atomic mass is 9.67. The maximum Gasteiger partial charge on any atom is 0.411 e. The number of benzene rings is 10. The minimum absolute atomic E-state index is 0. The Balaban J connectivity index is 0.000000174. The predicted octanol–water partition coefficient (Wildman–Crippen LogP) is 19.0. The fourth-order valence-corrected chi connectivity index (χ4v) is 12.5. The first-order valence-corrected chi connectivity index (χ1v) is 29.8. The van der Waals surface area contributed by atoms with Crippen LogP contribution in [0.15, 0.2) is 204 Å². The van der Waals surface area contributed by atoms with Gasteiger partial charge in [0.05, 0.1) is 15.2 Å². The lowest BCUT2D eigenvalue weighted by Crippen LogP contribution is -2.54. The van der Waals surface area contributed by atoms with E-state index in [9.17, 15) is 65.4 Å². The maximum absolute atomic E-state index is 13.9. The highest BCUT2D eigenvalue weighted by atomic mass is 32.2. The van der Waals surface area contributed by atoms with Gasteiger partial charge in [-0.15, -0.1) is 0 Å². The molecule has 0 saturated carbocycles. The predicted molar refractivity (Wildman–Crippen MR) is 344 cm³/mol. The van der Waals surface area contributed by atoms with Crippen LogP contribution in [-0.2, 0) is 20.7 Å². The standard InChI is InChI=1S/C28H24O.C17H14F6O2.C15H16O3S.C14H14O2.CH4/c1-18-12-13-21(16-19(18)2)28(22-14-15-27(29)20(3)17-22)25-10-6-4-8-23(25)24-9-5-7-11-26(24)28;1-9-7-11(3-5-13(9)24)15(16(18,19)20,17(21,22)23)12-4-6-14(25)10(2)8-12;1-10-4-5-13(8-11(10)2)19(17,18)14-6-7-15(16)12(3)9-14;1-9-3-5-11(7-13(9)15)12-6-4-10(2)14(16)8-12;/h4-17,29H,1-3H3;3-8,24-25H,1-2H3;4-9,16H,1-3H3;3-8,15-16H,1-2H3;1H4. The molecule has 468 valence electrons. The number of aryl methyl sites for hydroxylation is 10. The molecule has 0 amide bonds. The van der Waals surface area contributed by atoms with Crippen LogP contribution >= 0.6 is 0 Å². The molecule has 15 heteroatoms. The van der Waals surface area contributed by atoms with Crippen molar-refractivity contribution in [1.29, 1.82) is 0 Å². The summed E-state index contributed by atoms with van der Waals surface area (Å²) in [5.74, 6) is 0.158. The van der Waals surface area contributed by atoms with Crippen molar-refractivity contribution in [3.05, 3.63) is 283 Å². The van der Waals surface area contributed by atoms with Gasteiger partial charge in [-0.2, -0.15) is 26.3 Å². The van der Waals surface area contributed by atoms with E-state index in [1.165, 1.54) is 76.6 Å². The first kappa shape index (κ1) is 68.0. The Hall–Kier alpha value is -9.47. The van der Waals surface area contributed by atoms with Crippen LogP contribution in [0.5, 0.6) is 34.5 Å². The van der Waals surface area contributed by atoms with Gasteiger partial charge in [-0.25, -0.2) is 8.42 Å². The zero-order valence-corrected chi connectivity index (χ0v) is 51.5. The molecule has 0 aromatic heterocycles. The Morgan fingerprint density at radius 3 is 1.02 bits per heavy atom. The summed E-state index contributed by atoms with van der Waals surface area (Å²) in [6, 6.07) is 54.9. The summed E-state index contributed by atoms with van der Waals surface area (Å²) in [6.07, 6.45) is -11.4. The van der Waals surface area contributed by atoms with Gasteiger partial charge in [-0.1, -0.05) is 141 Å². The van der Waals surface area contributed by atoms with Crippen LogP contribution in [0.4, 0.5) is 26.3 Å². The molecule has 0 heterocycles. The normalized spacial score (nSPS) is 12.4. The Morgan fingerprint density at radius 2 is 0.644 bits per heavy atom. The number of sulfone groups is 1. The minimum Gasteiger partial charge on any atom is -0.508 e. The number of hydrogen-bond acceptors (Lipinski definition) is 8. The number of phenols is 6. The molecule has 10 aromatic carbocycles. The van der Waals surface area contributed by atoms with Crippen molar-refractivity contribution in [2.24, 2.45) is 0 Å². The number of phenolic OH excluding ortho intramolecular Hbond substituents is 6. The van der Waals surface area contributed by atoms with E-state index in [4.69, 9.17) is 0 Å². The van der Waals surface area contributed by atoms with Gasteiger partial charge in [0.15, 0.2) is 0 Å². The second-order valence-corrected chi connectivity index (χ2v) is 24.5. The Bertz CT molecular complexity index is 4140. The highest BCUT2D eigenvalue weighted by Crippen LogP contribution is 2.58. The van der Waals surface area contributed by atoms with E-state index < -0.39 is 55.6 Å². The van der Waals surface area contributed by atoms with Gasteiger partial charge in [0.25, 0.3) is 0 Å².